The first kappa shape index (κ1) is 22.2. The highest BCUT2D eigenvalue weighted by molar-refractivity contribution is 8.18. The van der Waals surface area contributed by atoms with E-state index in [1.807, 2.05) is 48.5 Å². The van der Waals surface area contributed by atoms with Crippen LogP contribution in [0.3, 0.4) is 0 Å². The van der Waals surface area contributed by atoms with Gasteiger partial charge in [-0.2, -0.15) is 0 Å². The number of carbonyl (C=O) groups excluding carboxylic acids is 2. The van der Waals surface area contributed by atoms with Crippen molar-refractivity contribution in [1.82, 2.24) is 5.32 Å². The molecule has 0 saturated carbocycles. The first-order chi connectivity index (χ1) is 15.9. The van der Waals surface area contributed by atoms with Crippen molar-refractivity contribution >= 4 is 46.4 Å². The smallest absolute Gasteiger partial charge is 0.307 e. The second-order valence-electron chi connectivity index (χ2n) is 7.47. The SMILES string of the molecule is CC(=O)c1ccc(-c2ccc(/C=C3/SC(=Nc4ccc(CC(=O)O)cc4)NC3=O)cc2)cc1. The van der Waals surface area contributed by atoms with Crippen LogP contribution in [0.5, 0.6) is 0 Å². The van der Waals surface area contributed by atoms with Crippen LogP contribution < -0.4 is 5.32 Å². The van der Waals surface area contributed by atoms with Gasteiger partial charge in [0.05, 0.1) is 17.0 Å². The fourth-order valence-electron chi connectivity index (χ4n) is 3.28. The molecule has 4 rings (SSSR count). The summed E-state index contributed by atoms with van der Waals surface area (Å²) in [5, 5.41) is 12.1. The van der Waals surface area contributed by atoms with Gasteiger partial charge >= 0.3 is 5.97 Å². The van der Waals surface area contributed by atoms with E-state index in [4.69, 9.17) is 5.11 Å². The number of benzene rings is 3. The van der Waals surface area contributed by atoms with E-state index in [9.17, 15) is 14.4 Å². The number of Topliss-reactive ketones (excluding diaryl/α,β-unsaturated/α-hetero) is 1. The molecular formula is C26H20N2O4S. The Kier molecular flexibility index (Phi) is 6.51. The van der Waals surface area contributed by atoms with Gasteiger partial charge in [-0.25, -0.2) is 4.99 Å². The maximum Gasteiger partial charge on any atom is 0.307 e. The number of amides is 1. The van der Waals surface area contributed by atoms with Crippen molar-refractivity contribution in [1.29, 1.82) is 0 Å². The lowest BCUT2D eigenvalue weighted by Crippen LogP contribution is -2.19. The van der Waals surface area contributed by atoms with Crippen molar-refractivity contribution in [3.8, 4) is 11.1 Å². The minimum absolute atomic E-state index is 0.0361. The number of carboxylic acid groups (broad SMARTS) is 1. The topological polar surface area (TPSA) is 95.8 Å². The Morgan fingerprint density at radius 3 is 2.12 bits per heavy atom. The maximum absolute atomic E-state index is 12.4. The molecule has 1 aliphatic heterocycles. The molecular weight excluding hydrogens is 436 g/mol. The van der Waals surface area contributed by atoms with Crippen molar-refractivity contribution in [2.45, 2.75) is 13.3 Å². The van der Waals surface area contributed by atoms with E-state index in [0.717, 1.165) is 16.7 Å². The van der Waals surface area contributed by atoms with E-state index in [1.54, 1.807) is 37.3 Å². The van der Waals surface area contributed by atoms with E-state index < -0.39 is 5.97 Å². The van der Waals surface area contributed by atoms with Crippen LogP contribution in [0.2, 0.25) is 0 Å². The average Bonchev–Trinajstić information content (AvgIpc) is 3.14. The third kappa shape index (κ3) is 5.64. The van der Waals surface area contributed by atoms with Crippen molar-refractivity contribution in [3.05, 3.63) is 94.4 Å². The summed E-state index contributed by atoms with van der Waals surface area (Å²) in [6.07, 6.45) is 1.76. The van der Waals surface area contributed by atoms with E-state index in [-0.39, 0.29) is 18.1 Å². The van der Waals surface area contributed by atoms with Gasteiger partial charge in [-0.15, -0.1) is 0 Å². The van der Waals surface area contributed by atoms with Gasteiger partial charge in [0.1, 0.15) is 0 Å². The summed E-state index contributed by atoms with van der Waals surface area (Å²) < 4.78 is 0. The van der Waals surface area contributed by atoms with Crippen LogP contribution >= 0.6 is 11.8 Å². The van der Waals surface area contributed by atoms with Crippen LogP contribution in [0, 0.1) is 0 Å². The fraction of sp³-hybridized carbons (Fsp3) is 0.0769. The molecule has 0 unspecified atom stereocenters. The van der Waals surface area contributed by atoms with Gasteiger partial charge in [-0.05, 0) is 59.1 Å². The third-order valence-corrected chi connectivity index (χ3v) is 5.92. The molecule has 33 heavy (non-hydrogen) atoms. The summed E-state index contributed by atoms with van der Waals surface area (Å²) >= 11 is 1.25. The van der Waals surface area contributed by atoms with E-state index >= 15 is 0 Å². The number of thioether (sulfide) groups is 1. The van der Waals surface area contributed by atoms with Gasteiger partial charge in [-0.1, -0.05) is 60.7 Å². The quantitative estimate of drug-likeness (QED) is 0.399. The maximum atomic E-state index is 12.4. The molecule has 1 fully saturated rings. The summed E-state index contributed by atoms with van der Waals surface area (Å²) in [4.78, 5) is 39.5. The van der Waals surface area contributed by atoms with Crippen LogP contribution in [0.15, 0.2) is 82.7 Å². The highest BCUT2D eigenvalue weighted by Crippen LogP contribution is 2.29. The van der Waals surface area contributed by atoms with Crippen molar-refractivity contribution in [3.63, 3.8) is 0 Å². The predicted molar refractivity (Wildman–Crippen MR) is 130 cm³/mol. The molecule has 3 aromatic rings. The first-order valence-corrected chi connectivity index (χ1v) is 11.0. The number of carbonyl (C=O) groups is 3. The number of rotatable bonds is 6. The number of hydrogen-bond donors (Lipinski definition) is 2. The van der Waals surface area contributed by atoms with Crippen molar-refractivity contribution in [2.24, 2.45) is 4.99 Å². The molecule has 0 bridgehead atoms. The number of nitrogens with zero attached hydrogens (tertiary/aromatic N) is 1. The molecule has 7 heteroatoms. The number of nitrogens with one attached hydrogen (secondary N) is 1. The largest absolute Gasteiger partial charge is 0.481 e. The molecule has 1 aliphatic rings. The molecule has 0 aromatic heterocycles. The lowest BCUT2D eigenvalue weighted by Gasteiger charge is -2.04. The standard InChI is InChI=1S/C26H20N2O4S/c1-16(29)19-8-10-21(11-9-19)20-6-2-17(3-7-20)14-23-25(32)28-26(33-23)27-22-12-4-18(5-13-22)15-24(30)31/h2-14H,15H2,1H3,(H,30,31)(H,27,28,32)/b23-14+. The molecule has 1 heterocycles. The van der Waals surface area contributed by atoms with Gasteiger partial charge in [0.2, 0.25) is 0 Å². The molecule has 164 valence electrons. The van der Waals surface area contributed by atoms with Gasteiger partial charge in [0, 0.05) is 5.56 Å². The first-order valence-electron chi connectivity index (χ1n) is 10.2. The minimum Gasteiger partial charge on any atom is -0.481 e. The zero-order valence-electron chi connectivity index (χ0n) is 17.7. The van der Waals surface area contributed by atoms with E-state index in [0.29, 0.717) is 26.9 Å². The van der Waals surface area contributed by atoms with Gasteiger partial charge < -0.3 is 10.4 Å². The minimum atomic E-state index is -0.888. The number of aliphatic carboxylic acids is 1. The number of hydrogen-bond acceptors (Lipinski definition) is 5. The lowest BCUT2D eigenvalue weighted by atomic mass is 10.0. The second kappa shape index (κ2) is 9.67. The third-order valence-electron chi connectivity index (χ3n) is 5.01. The highest BCUT2D eigenvalue weighted by Gasteiger charge is 2.23. The molecule has 0 atom stereocenters. The zero-order valence-corrected chi connectivity index (χ0v) is 18.6. The Morgan fingerprint density at radius 1 is 0.939 bits per heavy atom. The Balaban J connectivity index is 1.46. The van der Waals surface area contributed by atoms with Crippen LogP contribution in [-0.4, -0.2) is 27.9 Å². The monoisotopic (exact) mass is 456 g/mol. The molecule has 0 aliphatic carbocycles. The normalized spacial score (nSPS) is 15.6. The number of ketones is 1. The molecule has 0 radical (unpaired) electrons. The van der Waals surface area contributed by atoms with Gasteiger partial charge in [0.15, 0.2) is 11.0 Å². The van der Waals surface area contributed by atoms with Gasteiger partial charge in [0.25, 0.3) is 5.91 Å². The molecule has 2 N–H and O–H groups in total. The Morgan fingerprint density at radius 2 is 1.55 bits per heavy atom. The summed E-state index contributed by atoms with van der Waals surface area (Å²) in [6.45, 7) is 1.54. The van der Waals surface area contributed by atoms with Crippen LogP contribution in [0.4, 0.5) is 5.69 Å². The molecule has 0 spiro atoms. The van der Waals surface area contributed by atoms with Crippen LogP contribution in [0.25, 0.3) is 17.2 Å². The van der Waals surface area contributed by atoms with Crippen LogP contribution in [0.1, 0.15) is 28.4 Å². The van der Waals surface area contributed by atoms with E-state index in [1.165, 1.54) is 11.8 Å². The van der Waals surface area contributed by atoms with E-state index in [2.05, 4.69) is 10.3 Å². The summed E-state index contributed by atoms with van der Waals surface area (Å²) in [7, 11) is 0. The predicted octanol–water partition coefficient (Wildman–Crippen LogP) is 5.07. The molecule has 3 aromatic carbocycles. The summed E-state index contributed by atoms with van der Waals surface area (Å²) in [6, 6.07) is 22.1. The molecule has 1 saturated heterocycles. The Labute approximate surface area is 195 Å². The number of carboxylic acids is 1. The number of aliphatic imine (C=N–C) groups is 1. The summed E-state index contributed by atoms with van der Waals surface area (Å²) in [5.74, 6) is -1.07. The number of amidine groups is 1. The lowest BCUT2D eigenvalue weighted by molar-refractivity contribution is -0.136. The average molecular weight is 457 g/mol. The van der Waals surface area contributed by atoms with Crippen molar-refractivity contribution < 1.29 is 19.5 Å². The molecule has 1 amide bonds. The molecule has 6 nitrogen and oxygen atoms in total. The summed E-state index contributed by atoms with van der Waals surface area (Å²) in [5.41, 5.74) is 4.91. The van der Waals surface area contributed by atoms with Gasteiger partial charge in [-0.3, -0.25) is 14.4 Å². The fourth-order valence-corrected chi connectivity index (χ4v) is 4.12. The Bertz CT molecular complexity index is 1280. The second-order valence-corrected chi connectivity index (χ2v) is 8.50. The van der Waals surface area contributed by atoms with Crippen LogP contribution in [-0.2, 0) is 16.0 Å². The highest BCUT2D eigenvalue weighted by atomic mass is 32.2. The zero-order chi connectivity index (χ0) is 23.4. The van der Waals surface area contributed by atoms with Crippen molar-refractivity contribution in [2.75, 3.05) is 0 Å². The Hall–Kier alpha value is -3.97.